The molecule has 8 nitrogen and oxygen atoms in total. The van der Waals surface area contributed by atoms with Crippen LogP contribution in [-0.4, -0.2) is 53.8 Å². The third kappa shape index (κ3) is 6.28. The number of likely N-dealkylation sites (tertiary alicyclic amines) is 1. The van der Waals surface area contributed by atoms with Crippen molar-refractivity contribution in [1.82, 2.24) is 20.5 Å². The molecule has 41 heavy (non-hydrogen) atoms. The molecule has 2 aliphatic heterocycles. The Balaban J connectivity index is 1.33. The number of carbonyl (C=O) groups excluding carboxylic acids is 3. The summed E-state index contributed by atoms with van der Waals surface area (Å²) in [5.74, 6) is -0.554. The minimum atomic E-state index is -0.243. The Bertz CT molecular complexity index is 1470. The Labute approximate surface area is 241 Å². The van der Waals surface area contributed by atoms with E-state index in [0.717, 1.165) is 42.9 Å². The van der Waals surface area contributed by atoms with Gasteiger partial charge in [-0.25, -0.2) is 0 Å². The molecule has 0 unspecified atom stereocenters. The van der Waals surface area contributed by atoms with Gasteiger partial charge in [-0.2, -0.15) is 0 Å². The number of aromatic amines is 1. The van der Waals surface area contributed by atoms with Gasteiger partial charge in [-0.15, -0.1) is 0 Å². The lowest BCUT2D eigenvalue weighted by atomic mass is 10.0. The summed E-state index contributed by atoms with van der Waals surface area (Å²) in [7, 11) is 0. The van der Waals surface area contributed by atoms with Crippen LogP contribution in [0.15, 0.2) is 48.5 Å². The highest BCUT2D eigenvalue weighted by Gasteiger charge is 2.27. The van der Waals surface area contributed by atoms with Crippen molar-refractivity contribution in [1.29, 1.82) is 0 Å². The fraction of sp³-hybridized carbons (Fsp3) is 0.364. The number of amides is 3. The topological polar surface area (TPSA) is 106 Å². The summed E-state index contributed by atoms with van der Waals surface area (Å²) in [5, 5.41) is 9.08. The molecule has 1 fully saturated rings. The summed E-state index contributed by atoms with van der Waals surface area (Å²) in [6, 6.07) is 15.0. The molecule has 2 aromatic carbocycles. The Morgan fingerprint density at radius 3 is 2.51 bits per heavy atom. The molecule has 0 bridgehead atoms. The second-order valence-corrected chi connectivity index (χ2v) is 10.9. The van der Waals surface area contributed by atoms with Crippen LogP contribution in [0.1, 0.15) is 87.4 Å². The summed E-state index contributed by atoms with van der Waals surface area (Å²) in [6.07, 6.45) is 6.25. The van der Waals surface area contributed by atoms with Gasteiger partial charge in [-0.05, 0) is 81.6 Å². The van der Waals surface area contributed by atoms with E-state index >= 15 is 0 Å². The zero-order valence-corrected chi connectivity index (χ0v) is 24.1. The van der Waals surface area contributed by atoms with Crippen LogP contribution in [0.2, 0.25) is 0 Å². The Morgan fingerprint density at radius 1 is 1.02 bits per heavy atom. The van der Waals surface area contributed by atoms with Crippen LogP contribution < -0.4 is 16.0 Å². The number of nitrogens with zero attached hydrogens (tertiary/aromatic N) is 1. The van der Waals surface area contributed by atoms with Crippen LogP contribution >= 0.6 is 0 Å². The van der Waals surface area contributed by atoms with E-state index in [-0.39, 0.29) is 23.8 Å². The average Bonchev–Trinajstić information content (AvgIpc) is 3.45. The molecule has 3 aromatic rings. The number of carbonyl (C=O) groups is 3. The standard InChI is InChI=1S/C33H39N5O3/c1-4-27(23-11-7-5-8-12-23)36-31(39)24-13-14-28-25(19-24)26(32(40)37-28)20-29-21(2)30(22(3)35-29)33(41)34-15-18-38-16-9-6-10-17-38/h5,7-8,11-14,19-20,27,35H,4,6,9-10,15-18H2,1-3H3,(H,34,41)(H,36,39)(H,37,40)/t27-/m1/s1. The average molecular weight is 554 g/mol. The van der Waals surface area contributed by atoms with E-state index in [1.165, 1.54) is 19.3 Å². The fourth-order valence-corrected chi connectivity index (χ4v) is 5.82. The van der Waals surface area contributed by atoms with Crippen LogP contribution in [0, 0.1) is 13.8 Å². The van der Waals surface area contributed by atoms with Crippen LogP contribution in [-0.2, 0) is 4.79 Å². The van der Waals surface area contributed by atoms with E-state index < -0.39 is 0 Å². The van der Waals surface area contributed by atoms with Crippen molar-refractivity contribution in [2.75, 3.05) is 31.5 Å². The maximum atomic E-state index is 13.2. The van der Waals surface area contributed by atoms with Crippen molar-refractivity contribution in [2.24, 2.45) is 0 Å². The molecule has 8 heteroatoms. The largest absolute Gasteiger partial charge is 0.358 e. The second-order valence-electron chi connectivity index (χ2n) is 10.9. The number of hydrogen-bond donors (Lipinski definition) is 4. The van der Waals surface area contributed by atoms with Gasteiger partial charge in [0.05, 0.1) is 17.2 Å². The first-order valence-corrected chi connectivity index (χ1v) is 14.6. The van der Waals surface area contributed by atoms with Crippen molar-refractivity contribution in [3.05, 3.63) is 87.7 Å². The van der Waals surface area contributed by atoms with Gasteiger partial charge in [0.15, 0.2) is 0 Å². The number of hydrogen-bond acceptors (Lipinski definition) is 4. The highest BCUT2D eigenvalue weighted by atomic mass is 16.2. The molecule has 0 saturated carbocycles. The van der Waals surface area contributed by atoms with Gasteiger partial charge in [0.25, 0.3) is 17.7 Å². The number of nitrogens with one attached hydrogen (secondary N) is 4. The third-order valence-corrected chi connectivity index (χ3v) is 8.13. The lowest BCUT2D eigenvalue weighted by molar-refractivity contribution is -0.110. The van der Waals surface area contributed by atoms with Crippen LogP contribution in [0.25, 0.3) is 11.6 Å². The smallest absolute Gasteiger partial charge is 0.256 e. The summed E-state index contributed by atoms with van der Waals surface area (Å²) >= 11 is 0. The summed E-state index contributed by atoms with van der Waals surface area (Å²) < 4.78 is 0. The molecule has 4 N–H and O–H groups in total. The molecule has 1 atom stereocenters. The number of rotatable bonds is 9. The molecular weight excluding hydrogens is 514 g/mol. The molecule has 0 radical (unpaired) electrons. The maximum Gasteiger partial charge on any atom is 0.256 e. The van der Waals surface area contributed by atoms with Gasteiger partial charge < -0.3 is 25.8 Å². The van der Waals surface area contributed by atoms with E-state index in [2.05, 4.69) is 25.8 Å². The van der Waals surface area contributed by atoms with Gasteiger partial charge in [-0.1, -0.05) is 43.7 Å². The molecule has 214 valence electrons. The third-order valence-electron chi connectivity index (χ3n) is 8.13. The molecule has 0 aliphatic carbocycles. The quantitative estimate of drug-likeness (QED) is 0.273. The Morgan fingerprint density at radius 2 is 1.78 bits per heavy atom. The normalized spacial score (nSPS) is 16.8. The molecule has 1 aromatic heterocycles. The van der Waals surface area contributed by atoms with Gasteiger partial charge >= 0.3 is 0 Å². The molecule has 3 heterocycles. The minimum absolute atomic E-state index is 0.110. The van der Waals surface area contributed by atoms with Crippen molar-refractivity contribution < 1.29 is 14.4 Å². The van der Waals surface area contributed by atoms with Crippen LogP contribution in [0.3, 0.4) is 0 Å². The van der Waals surface area contributed by atoms with Crippen molar-refractivity contribution in [3.8, 4) is 0 Å². The summed E-state index contributed by atoms with van der Waals surface area (Å²) in [6.45, 7) is 9.43. The molecule has 3 amide bonds. The van der Waals surface area contributed by atoms with E-state index in [1.807, 2.05) is 51.1 Å². The molecule has 0 spiro atoms. The first-order chi connectivity index (χ1) is 19.9. The van der Waals surface area contributed by atoms with E-state index in [0.29, 0.717) is 40.2 Å². The van der Waals surface area contributed by atoms with Gasteiger partial charge in [0.1, 0.15) is 0 Å². The maximum absolute atomic E-state index is 13.2. The van der Waals surface area contributed by atoms with Crippen molar-refractivity contribution in [3.63, 3.8) is 0 Å². The number of aryl methyl sites for hydroxylation is 1. The van der Waals surface area contributed by atoms with E-state index in [4.69, 9.17) is 0 Å². The number of fused-ring (bicyclic) bond motifs is 1. The molecule has 1 saturated heterocycles. The summed E-state index contributed by atoms with van der Waals surface area (Å²) in [4.78, 5) is 45.0. The first kappa shape index (κ1) is 28.4. The lowest BCUT2D eigenvalue weighted by Gasteiger charge is -2.26. The van der Waals surface area contributed by atoms with E-state index in [1.54, 1.807) is 24.3 Å². The molecule has 2 aliphatic rings. The first-order valence-electron chi connectivity index (χ1n) is 14.6. The molecule has 5 rings (SSSR count). The van der Waals surface area contributed by atoms with Gasteiger partial charge in [0, 0.05) is 41.3 Å². The van der Waals surface area contributed by atoms with Crippen LogP contribution in [0.5, 0.6) is 0 Å². The van der Waals surface area contributed by atoms with Crippen molar-refractivity contribution >= 4 is 35.1 Å². The van der Waals surface area contributed by atoms with E-state index in [9.17, 15) is 14.4 Å². The SMILES string of the molecule is CC[C@@H](NC(=O)c1ccc2c(c1)C(=Cc1[nH]c(C)c(C(=O)NCCN3CCCCC3)c1C)C(=O)N2)c1ccccc1. The zero-order chi connectivity index (χ0) is 28.9. The predicted octanol–water partition coefficient (Wildman–Crippen LogP) is 5.22. The number of aromatic nitrogens is 1. The predicted molar refractivity (Wildman–Crippen MR) is 163 cm³/mol. The Hall–Kier alpha value is -4.17. The number of anilines is 1. The number of H-pyrrole nitrogens is 1. The van der Waals surface area contributed by atoms with Crippen molar-refractivity contribution in [2.45, 2.75) is 52.5 Å². The minimum Gasteiger partial charge on any atom is -0.358 e. The monoisotopic (exact) mass is 553 g/mol. The van der Waals surface area contributed by atoms with Gasteiger partial charge in [0.2, 0.25) is 0 Å². The van der Waals surface area contributed by atoms with Gasteiger partial charge in [-0.3, -0.25) is 14.4 Å². The Kier molecular flexibility index (Phi) is 8.69. The highest BCUT2D eigenvalue weighted by molar-refractivity contribution is 6.35. The number of piperidine rings is 1. The second kappa shape index (κ2) is 12.6. The highest BCUT2D eigenvalue weighted by Crippen LogP contribution is 2.35. The fourth-order valence-electron chi connectivity index (χ4n) is 5.82. The lowest BCUT2D eigenvalue weighted by Crippen LogP contribution is -2.37. The van der Waals surface area contributed by atoms with Crippen LogP contribution in [0.4, 0.5) is 5.69 Å². The molecular formula is C33H39N5O3. The number of benzene rings is 2. The summed E-state index contributed by atoms with van der Waals surface area (Å²) in [5.41, 5.74) is 6.14. The zero-order valence-electron chi connectivity index (χ0n) is 24.1.